The SMILES string of the molecule is CN=C(Nc1ccccc1OC)S[C@@H]1CC(=O)N(c2cccc(Cl)c2)C1=O. The average molecular weight is 404 g/mol. The van der Waals surface area contributed by atoms with Crippen molar-refractivity contribution in [1.82, 2.24) is 0 Å². The van der Waals surface area contributed by atoms with E-state index in [9.17, 15) is 9.59 Å². The Bertz CT molecular complexity index is 903. The van der Waals surface area contributed by atoms with Gasteiger partial charge in [0.15, 0.2) is 5.17 Å². The summed E-state index contributed by atoms with van der Waals surface area (Å²) in [5, 5.41) is 3.60. The molecule has 0 bridgehead atoms. The standard InChI is InChI=1S/C19H18ClN3O3S/c1-21-19(22-14-8-3-4-9-15(14)26-2)27-16-11-17(24)23(18(16)25)13-7-5-6-12(20)10-13/h3-10,16H,11H2,1-2H3,(H,21,22)/t16-/m1/s1. The molecule has 0 radical (unpaired) electrons. The van der Waals surface area contributed by atoms with Gasteiger partial charge in [0.1, 0.15) is 11.0 Å². The molecule has 1 N–H and O–H groups in total. The van der Waals surface area contributed by atoms with Crippen LogP contribution in [-0.4, -0.2) is 36.4 Å². The average Bonchev–Trinajstić information content (AvgIpc) is 2.94. The van der Waals surface area contributed by atoms with E-state index in [2.05, 4.69) is 10.3 Å². The van der Waals surface area contributed by atoms with Crippen molar-refractivity contribution < 1.29 is 14.3 Å². The Balaban J connectivity index is 1.75. The molecule has 0 aliphatic carbocycles. The molecular weight excluding hydrogens is 386 g/mol. The zero-order valence-corrected chi connectivity index (χ0v) is 16.4. The second-order valence-electron chi connectivity index (χ2n) is 5.71. The molecule has 2 aromatic rings. The quantitative estimate of drug-likeness (QED) is 0.477. The number of carbonyl (C=O) groups excluding carboxylic acids is 2. The van der Waals surface area contributed by atoms with Crippen molar-refractivity contribution in [1.29, 1.82) is 0 Å². The lowest BCUT2D eigenvalue weighted by atomic mass is 10.3. The number of benzene rings is 2. The van der Waals surface area contributed by atoms with E-state index < -0.39 is 5.25 Å². The highest BCUT2D eigenvalue weighted by atomic mass is 35.5. The zero-order valence-electron chi connectivity index (χ0n) is 14.8. The third kappa shape index (κ3) is 4.26. The number of hydrogen-bond acceptors (Lipinski definition) is 5. The van der Waals surface area contributed by atoms with E-state index in [4.69, 9.17) is 16.3 Å². The van der Waals surface area contributed by atoms with Crippen LogP contribution in [0.5, 0.6) is 5.75 Å². The van der Waals surface area contributed by atoms with Crippen molar-refractivity contribution >= 4 is 51.7 Å². The van der Waals surface area contributed by atoms with Gasteiger partial charge in [0.2, 0.25) is 11.8 Å². The Morgan fingerprint density at radius 2 is 2.04 bits per heavy atom. The molecule has 1 atom stereocenters. The minimum absolute atomic E-state index is 0.0998. The summed E-state index contributed by atoms with van der Waals surface area (Å²) in [7, 11) is 3.21. The van der Waals surface area contributed by atoms with E-state index in [-0.39, 0.29) is 18.2 Å². The van der Waals surface area contributed by atoms with E-state index in [1.807, 2.05) is 24.3 Å². The van der Waals surface area contributed by atoms with Crippen molar-refractivity contribution in [2.24, 2.45) is 4.99 Å². The lowest BCUT2D eigenvalue weighted by Gasteiger charge is -2.16. The Morgan fingerprint density at radius 3 is 2.74 bits per heavy atom. The van der Waals surface area contributed by atoms with Gasteiger partial charge in [-0.3, -0.25) is 14.6 Å². The number of amidine groups is 1. The lowest BCUT2D eigenvalue weighted by molar-refractivity contribution is -0.121. The number of methoxy groups -OCH3 is 1. The second kappa shape index (κ2) is 8.45. The summed E-state index contributed by atoms with van der Waals surface area (Å²) in [5.41, 5.74) is 1.21. The number of para-hydroxylation sites is 2. The van der Waals surface area contributed by atoms with Gasteiger partial charge in [0, 0.05) is 18.5 Å². The van der Waals surface area contributed by atoms with Crippen LogP contribution < -0.4 is 15.0 Å². The number of nitrogens with zero attached hydrogens (tertiary/aromatic N) is 2. The molecule has 0 saturated carbocycles. The summed E-state index contributed by atoms with van der Waals surface area (Å²) >= 11 is 7.20. The van der Waals surface area contributed by atoms with E-state index in [0.717, 1.165) is 5.69 Å². The first-order valence-electron chi connectivity index (χ1n) is 8.19. The molecular formula is C19H18ClN3O3S. The maximum Gasteiger partial charge on any atom is 0.247 e. The minimum Gasteiger partial charge on any atom is -0.495 e. The first kappa shape index (κ1) is 19.3. The molecule has 1 aliphatic rings. The van der Waals surface area contributed by atoms with Gasteiger partial charge in [0.05, 0.1) is 18.5 Å². The summed E-state index contributed by atoms with van der Waals surface area (Å²) in [5.74, 6) is 0.122. The second-order valence-corrected chi connectivity index (χ2v) is 7.34. The molecule has 8 heteroatoms. The van der Waals surface area contributed by atoms with Gasteiger partial charge in [-0.15, -0.1) is 0 Å². The number of halogens is 1. The molecule has 27 heavy (non-hydrogen) atoms. The minimum atomic E-state index is -0.558. The molecule has 6 nitrogen and oxygen atoms in total. The number of carbonyl (C=O) groups is 2. The van der Waals surface area contributed by atoms with Crippen molar-refractivity contribution in [3.8, 4) is 5.75 Å². The van der Waals surface area contributed by atoms with E-state index in [1.54, 1.807) is 38.4 Å². The number of amides is 2. The Kier molecular flexibility index (Phi) is 6.03. The highest BCUT2D eigenvalue weighted by Gasteiger charge is 2.40. The molecule has 2 amide bonds. The largest absolute Gasteiger partial charge is 0.495 e. The van der Waals surface area contributed by atoms with Crippen LogP contribution >= 0.6 is 23.4 Å². The molecule has 1 fully saturated rings. The van der Waals surface area contributed by atoms with Crippen LogP contribution in [0.3, 0.4) is 0 Å². The van der Waals surface area contributed by atoms with Gasteiger partial charge in [-0.25, -0.2) is 4.90 Å². The van der Waals surface area contributed by atoms with Crippen LogP contribution in [0.4, 0.5) is 11.4 Å². The Morgan fingerprint density at radius 1 is 1.26 bits per heavy atom. The summed E-state index contributed by atoms with van der Waals surface area (Å²) in [6.45, 7) is 0. The predicted molar refractivity (Wildman–Crippen MR) is 110 cm³/mol. The number of rotatable bonds is 4. The molecule has 3 rings (SSSR count). The molecule has 2 aromatic carbocycles. The van der Waals surface area contributed by atoms with Crippen LogP contribution in [0.1, 0.15) is 6.42 Å². The lowest BCUT2D eigenvalue weighted by Crippen LogP contribution is -2.31. The van der Waals surface area contributed by atoms with E-state index >= 15 is 0 Å². The maximum atomic E-state index is 12.8. The summed E-state index contributed by atoms with van der Waals surface area (Å²) in [4.78, 5) is 30.6. The number of ether oxygens (including phenoxy) is 1. The van der Waals surface area contributed by atoms with Crippen molar-refractivity contribution in [2.45, 2.75) is 11.7 Å². The van der Waals surface area contributed by atoms with Crippen molar-refractivity contribution in [3.05, 3.63) is 53.6 Å². The Labute approximate surface area is 166 Å². The van der Waals surface area contributed by atoms with Gasteiger partial charge in [0.25, 0.3) is 0 Å². The topological polar surface area (TPSA) is 71.0 Å². The number of anilines is 2. The van der Waals surface area contributed by atoms with Crippen molar-refractivity contribution in [2.75, 3.05) is 24.4 Å². The molecule has 1 saturated heterocycles. The van der Waals surface area contributed by atoms with Crippen molar-refractivity contribution in [3.63, 3.8) is 0 Å². The fourth-order valence-electron chi connectivity index (χ4n) is 2.72. The summed E-state index contributed by atoms with van der Waals surface area (Å²) in [6.07, 6.45) is 0.0998. The van der Waals surface area contributed by atoms with Crippen LogP contribution in [0.25, 0.3) is 0 Å². The molecule has 0 unspecified atom stereocenters. The molecule has 0 aromatic heterocycles. The highest BCUT2D eigenvalue weighted by Crippen LogP contribution is 2.32. The van der Waals surface area contributed by atoms with Crippen LogP contribution in [0.2, 0.25) is 5.02 Å². The van der Waals surface area contributed by atoms with Gasteiger partial charge in [-0.2, -0.15) is 0 Å². The molecule has 1 heterocycles. The third-order valence-corrected chi connectivity index (χ3v) is 5.37. The predicted octanol–water partition coefficient (Wildman–Crippen LogP) is 3.81. The van der Waals surface area contributed by atoms with Gasteiger partial charge < -0.3 is 10.1 Å². The summed E-state index contributed by atoms with van der Waals surface area (Å²) < 4.78 is 5.32. The number of thioether (sulfide) groups is 1. The van der Waals surface area contributed by atoms with Gasteiger partial charge in [-0.05, 0) is 30.3 Å². The monoisotopic (exact) mass is 403 g/mol. The van der Waals surface area contributed by atoms with Crippen LogP contribution in [0, 0.1) is 0 Å². The smallest absolute Gasteiger partial charge is 0.247 e. The molecule has 140 valence electrons. The fourth-order valence-corrected chi connectivity index (χ4v) is 3.88. The molecule has 0 spiro atoms. The number of hydrogen-bond donors (Lipinski definition) is 1. The Hall–Kier alpha value is -2.51. The van der Waals surface area contributed by atoms with E-state index in [1.165, 1.54) is 16.7 Å². The van der Waals surface area contributed by atoms with Gasteiger partial charge >= 0.3 is 0 Å². The van der Waals surface area contributed by atoms with E-state index in [0.29, 0.717) is 21.6 Å². The first-order valence-corrected chi connectivity index (χ1v) is 9.45. The number of aliphatic imine (C=N–C) groups is 1. The van der Waals surface area contributed by atoms with Crippen LogP contribution in [0.15, 0.2) is 53.5 Å². The maximum absolute atomic E-state index is 12.8. The fraction of sp³-hybridized carbons (Fsp3) is 0.211. The van der Waals surface area contributed by atoms with Gasteiger partial charge in [-0.1, -0.05) is 41.6 Å². The number of nitrogens with one attached hydrogen (secondary N) is 1. The first-order chi connectivity index (χ1) is 13.0. The number of imide groups is 1. The molecule has 1 aliphatic heterocycles. The highest BCUT2D eigenvalue weighted by molar-refractivity contribution is 8.15. The normalized spacial score (nSPS) is 17.4. The van der Waals surface area contributed by atoms with Crippen LogP contribution in [-0.2, 0) is 9.59 Å². The third-order valence-electron chi connectivity index (χ3n) is 3.98. The zero-order chi connectivity index (χ0) is 19.4. The summed E-state index contributed by atoms with van der Waals surface area (Å²) in [6, 6.07) is 14.1.